The number of methoxy groups -OCH3 is 1. The van der Waals surface area contributed by atoms with Crippen molar-refractivity contribution >= 4 is 11.8 Å². The minimum Gasteiger partial charge on any atom is -0.595 e. The third-order valence-corrected chi connectivity index (χ3v) is 4.58. The number of quaternary nitrogens is 1. The van der Waals surface area contributed by atoms with Gasteiger partial charge < -0.3 is 14.4 Å². The number of benzene rings is 1. The molecule has 0 bridgehead atoms. The summed E-state index contributed by atoms with van der Waals surface area (Å²) in [7, 11) is 1.49. The first-order chi connectivity index (χ1) is 13.2. The largest absolute Gasteiger partial charge is 0.595 e. The SMILES string of the molecule is COc1oc(CCC(C)=CC(C)=Cc2ccc([NH+]([O-])O)cc2)c(C)c(=O)c1C. The molecule has 0 saturated carbocycles. The molecule has 0 aliphatic rings. The van der Waals surface area contributed by atoms with Gasteiger partial charge in [0.05, 0.1) is 12.7 Å². The van der Waals surface area contributed by atoms with Gasteiger partial charge in [0.25, 0.3) is 5.95 Å². The molecular weight excluding hydrogens is 358 g/mol. The van der Waals surface area contributed by atoms with Gasteiger partial charge in [0.2, 0.25) is 0 Å². The van der Waals surface area contributed by atoms with Crippen LogP contribution in [0.1, 0.15) is 42.7 Å². The van der Waals surface area contributed by atoms with Crippen LogP contribution in [0.4, 0.5) is 5.69 Å². The van der Waals surface area contributed by atoms with Crippen LogP contribution in [0.25, 0.3) is 6.08 Å². The van der Waals surface area contributed by atoms with Crippen molar-refractivity contribution in [3.63, 3.8) is 0 Å². The lowest BCUT2D eigenvalue weighted by Gasteiger charge is -2.11. The number of nitrogens with one attached hydrogen (secondary N) is 1. The Kier molecular flexibility index (Phi) is 7.34. The third kappa shape index (κ3) is 5.42. The summed E-state index contributed by atoms with van der Waals surface area (Å²) in [6.45, 7) is 7.50. The highest BCUT2D eigenvalue weighted by atomic mass is 16.8. The van der Waals surface area contributed by atoms with E-state index in [2.05, 4.69) is 6.08 Å². The summed E-state index contributed by atoms with van der Waals surface area (Å²) in [5.74, 6) is 0.916. The van der Waals surface area contributed by atoms with Gasteiger partial charge in [-0.05, 0) is 51.8 Å². The van der Waals surface area contributed by atoms with Crippen molar-refractivity contribution in [3.8, 4) is 5.95 Å². The fourth-order valence-corrected chi connectivity index (χ4v) is 3.00. The molecule has 0 radical (unpaired) electrons. The van der Waals surface area contributed by atoms with Gasteiger partial charge in [-0.2, -0.15) is 5.23 Å². The van der Waals surface area contributed by atoms with E-state index in [0.717, 1.165) is 23.1 Å². The summed E-state index contributed by atoms with van der Waals surface area (Å²) in [4.78, 5) is 12.3. The molecule has 1 aromatic carbocycles. The van der Waals surface area contributed by atoms with E-state index < -0.39 is 5.23 Å². The summed E-state index contributed by atoms with van der Waals surface area (Å²) in [6, 6.07) is 6.75. The van der Waals surface area contributed by atoms with Gasteiger partial charge in [0, 0.05) is 24.1 Å². The zero-order valence-electron chi connectivity index (χ0n) is 17.0. The second-order valence-electron chi connectivity index (χ2n) is 6.90. The van der Waals surface area contributed by atoms with Crippen molar-refractivity contribution in [2.45, 2.75) is 40.5 Å². The average Bonchev–Trinajstić information content (AvgIpc) is 2.66. The van der Waals surface area contributed by atoms with Crippen molar-refractivity contribution < 1.29 is 19.6 Å². The maximum Gasteiger partial charge on any atom is 0.291 e. The molecule has 1 atom stereocenters. The number of hydrogen-bond acceptors (Lipinski definition) is 5. The summed E-state index contributed by atoms with van der Waals surface area (Å²) in [6.07, 6.45) is 5.43. The molecule has 6 heteroatoms. The first-order valence-corrected chi connectivity index (χ1v) is 9.09. The maximum atomic E-state index is 12.3. The van der Waals surface area contributed by atoms with Gasteiger partial charge in [0.1, 0.15) is 5.76 Å². The van der Waals surface area contributed by atoms with Gasteiger partial charge in [0.15, 0.2) is 11.1 Å². The summed E-state index contributed by atoms with van der Waals surface area (Å²) in [5.41, 5.74) is 4.49. The number of aryl methyl sites for hydroxylation is 1. The van der Waals surface area contributed by atoms with Crippen LogP contribution in [0.3, 0.4) is 0 Å². The fraction of sp³-hybridized carbons (Fsp3) is 0.318. The molecule has 1 heterocycles. The molecular formula is C22H27NO5. The number of rotatable bonds is 7. The third-order valence-electron chi connectivity index (χ3n) is 4.58. The van der Waals surface area contributed by atoms with E-state index in [-0.39, 0.29) is 17.1 Å². The highest BCUT2D eigenvalue weighted by molar-refractivity contribution is 5.57. The van der Waals surface area contributed by atoms with Gasteiger partial charge in [-0.3, -0.25) is 4.79 Å². The lowest BCUT2D eigenvalue weighted by Crippen LogP contribution is -2.99. The highest BCUT2D eigenvalue weighted by Crippen LogP contribution is 2.21. The van der Waals surface area contributed by atoms with Crippen molar-refractivity contribution in [1.82, 2.24) is 0 Å². The molecule has 2 N–H and O–H groups in total. The maximum absolute atomic E-state index is 12.3. The Morgan fingerprint density at radius 1 is 1.21 bits per heavy atom. The van der Waals surface area contributed by atoms with Crippen molar-refractivity contribution in [1.29, 1.82) is 0 Å². The topological polar surface area (TPSA) is 87.2 Å². The molecule has 0 amide bonds. The van der Waals surface area contributed by atoms with Crippen molar-refractivity contribution in [2.24, 2.45) is 0 Å². The Hall–Kier alpha value is -2.67. The Bertz CT molecular complexity index is 937. The molecule has 1 unspecified atom stereocenters. The Morgan fingerprint density at radius 2 is 1.86 bits per heavy atom. The zero-order chi connectivity index (χ0) is 20.8. The quantitative estimate of drug-likeness (QED) is 0.561. The van der Waals surface area contributed by atoms with Crippen molar-refractivity contribution in [3.05, 3.63) is 79.4 Å². The van der Waals surface area contributed by atoms with Gasteiger partial charge >= 0.3 is 0 Å². The van der Waals surface area contributed by atoms with E-state index in [1.54, 1.807) is 38.1 Å². The van der Waals surface area contributed by atoms with Crippen LogP contribution in [-0.4, -0.2) is 12.3 Å². The van der Waals surface area contributed by atoms with Gasteiger partial charge in [-0.1, -0.05) is 23.3 Å². The van der Waals surface area contributed by atoms with Gasteiger partial charge in [-0.15, -0.1) is 0 Å². The molecule has 28 heavy (non-hydrogen) atoms. The van der Waals surface area contributed by atoms with Crippen molar-refractivity contribution in [2.75, 3.05) is 7.11 Å². The zero-order valence-corrected chi connectivity index (χ0v) is 17.0. The van der Waals surface area contributed by atoms with Crippen LogP contribution >= 0.6 is 0 Å². The van der Waals surface area contributed by atoms with E-state index in [9.17, 15) is 10.0 Å². The molecule has 0 aliphatic heterocycles. The standard InChI is InChI=1S/C22H27NO5/c1-14(6-11-20-16(3)21(24)17(4)22(27-5)28-20)12-15(2)13-18-7-9-19(10-8-18)23(25)26/h7-10,12-13,23,25H,6,11H2,1-5H3. The predicted molar refractivity (Wildman–Crippen MR) is 109 cm³/mol. The van der Waals surface area contributed by atoms with Gasteiger partial charge in [-0.25, -0.2) is 5.21 Å². The molecule has 1 aromatic heterocycles. The molecule has 0 saturated heterocycles. The first kappa shape index (κ1) is 21.6. The summed E-state index contributed by atoms with van der Waals surface area (Å²) < 4.78 is 10.9. The molecule has 150 valence electrons. The van der Waals surface area contributed by atoms with E-state index in [1.165, 1.54) is 7.11 Å². The van der Waals surface area contributed by atoms with E-state index >= 15 is 0 Å². The minimum absolute atomic E-state index is 0.0411. The Labute approximate surface area is 164 Å². The number of ether oxygens (including phenoxy) is 1. The second kappa shape index (κ2) is 9.50. The van der Waals surface area contributed by atoms with Crippen LogP contribution in [0, 0.1) is 19.1 Å². The van der Waals surface area contributed by atoms with Crippen LogP contribution in [0.5, 0.6) is 5.95 Å². The van der Waals surface area contributed by atoms with E-state index in [1.807, 2.05) is 19.9 Å². The lowest BCUT2D eigenvalue weighted by atomic mass is 10.0. The molecule has 0 aliphatic carbocycles. The smallest absolute Gasteiger partial charge is 0.291 e. The number of hydrogen-bond donors (Lipinski definition) is 2. The lowest BCUT2D eigenvalue weighted by molar-refractivity contribution is -0.991. The normalized spacial score (nSPS) is 13.5. The molecule has 2 aromatic rings. The molecule has 6 nitrogen and oxygen atoms in total. The second-order valence-corrected chi connectivity index (χ2v) is 6.90. The molecule has 0 spiro atoms. The van der Waals surface area contributed by atoms with Crippen LogP contribution < -0.4 is 15.4 Å². The first-order valence-electron chi connectivity index (χ1n) is 9.09. The fourth-order valence-electron chi connectivity index (χ4n) is 3.00. The summed E-state index contributed by atoms with van der Waals surface area (Å²) >= 11 is 0. The average molecular weight is 385 g/mol. The monoisotopic (exact) mass is 385 g/mol. The minimum atomic E-state index is -0.933. The Balaban J connectivity index is 2.10. The van der Waals surface area contributed by atoms with E-state index in [0.29, 0.717) is 23.3 Å². The highest BCUT2D eigenvalue weighted by Gasteiger charge is 2.13. The summed E-state index contributed by atoms with van der Waals surface area (Å²) in [5, 5.41) is 18.9. The van der Waals surface area contributed by atoms with E-state index in [4.69, 9.17) is 14.4 Å². The Morgan fingerprint density at radius 3 is 2.43 bits per heavy atom. The van der Waals surface area contributed by atoms with Crippen LogP contribution in [-0.2, 0) is 6.42 Å². The van der Waals surface area contributed by atoms with Crippen LogP contribution in [0.2, 0.25) is 0 Å². The predicted octanol–water partition coefficient (Wildman–Crippen LogP) is 3.65. The molecule has 2 rings (SSSR count). The number of allylic oxidation sites excluding steroid dienone is 3. The molecule has 0 fully saturated rings. The van der Waals surface area contributed by atoms with Crippen LogP contribution in [0.15, 0.2) is 50.7 Å².